The van der Waals surface area contributed by atoms with Crippen molar-refractivity contribution in [3.63, 3.8) is 0 Å². The summed E-state index contributed by atoms with van der Waals surface area (Å²) in [5, 5.41) is 3.62. The minimum absolute atomic E-state index is 0.0660. The number of rotatable bonds is 9. The molecule has 0 radical (unpaired) electrons. The average molecular weight is 457 g/mol. The fourth-order valence-electron chi connectivity index (χ4n) is 3.10. The molecular formula is C24H25ClN2O3S. The topological polar surface area (TPSA) is 75.3 Å². The Labute approximate surface area is 188 Å². The Morgan fingerprint density at radius 1 is 0.903 bits per heavy atom. The van der Waals surface area contributed by atoms with Gasteiger partial charge in [0.05, 0.1) is 10.9 Å². The summed E-state index contributed by atoms with van der Waals surface area (Å²) in [5.41, 5.74) is 2.77. The molecule has 162 valence electrons. The summed E-state index contributed by atoms with van der Waals surface area (Å²) in [7, 11) is -3.59. The summed E-state index contributed by atoms with van der Waals surface area (Å²) < 4.78 is 27.6. The Kier molecular flexibility index (Phi) is 7.85. The van der Waals surface area contributed by atoms with E-state index >= 15 is 0 Å². The minimum atomic E-state index is -3.59. The molecule has 3 aromatic rings. The quantitative estimate of drug-likeness (QED) is 0.493. The van der Waals surface area contributed by atoms with Crippen LogP contribution >= 0.6 is 11.6 Å². The summed E-state index contributed by atoms with van der Waals surface area (Å²) in [4.78, 5) is 12.5. The molecule has 0 heterocycles. The number of carbonyl (C=O) groups excluding carboxylic acids is 1. The van der Waals surface area contributed by atoms with E-state index in [1.54, 1.807) is 36.4 Å². The molecule has 7 heteroatoms. The van der Waals surface area contributed by atoms with Crippen LogP contribution < -0.4 is 10.0 Å². The van der Waals surface area contributed by atoms with Gasteiger partial charge in [-0.2, -0.15) is 0 Å². The number of aryl methyl sites for hydroxylation is 1. The molecule has 1 unspecified atom stereocenters. The van der Waals surface area contributed by atoms with Gasteiger partial charge in [-0.3, -0.25) is 4.79 Å². The third kappa shape index (κ3) is 6.92. The van der Waals surface area contributed by atoms with Gasteiger partial charge in [-0.25, -0.2) is 13.1 Å². The highest BCUT2D eigenvalue weighted by Gasteiger charge is 2.14. The molecule has 0 fully saturated rings. The van der Waals surface area contributed by atoms with Crippen molar-refractivity contribution in [2.24, 2.45) is 0 Å². The first-order valence-corrected chi connectivity index (χ1v) is 11.9. The predicted octanol–water partition coefficient (Wildman–Crippen LogP) is 4.63. The van der Waals surface area contributed by atoms with Crippen LogP contribution in [0.1, 0.15) is 36.1 Å². The van der Waals surface area contributed by atoms with Gasteiger partial charge in [0.15, 0.2) is 0 Å². The van der Waals surface area contributed by atoms with Crippen molar-refractivity contribution in [2.45, 2.75) is 37.2 Å². The first kappa shape index (κ1) is 23.0. The van der Waals surface area contributed by atoms with E-state index in [1.807, 2.05) is 49.4 Å². The van der Waals surface area contributed by atoms with Crippen LogP contribution in [0.4, 0.5) is 0 Å². The molecule has 0 aliphatic carbocycles. The smallest absolute Gasteiger partial charge is 0.240 e. The van der Waals surface area contributed by atoms with E-state index in [2.05, 4.69) is 10.0 Å². The fourth-order valence-corrected chi connectivity index (χ4v) is 4.24. The lowest BCUT2D eigenvalue weighted by molar-refractivity contribution is -0.121. The number of halogens is 1. The average Bonchev–Trinajstić information content (AvgIpc) is 2.78. The first-order chi connectivity index (χ1) is 14.8. The third-order valence-electron chi connectivity index (χ3n) is 4.93. The molecule has 0 aromatic heterocycles. The maximum atomic E-state index is 12.5. The van der Waals surface area contributed by atoms with E-state index in [0.717, 1.165) is 16.7 Å². The number of sulfonamides is 1. The minimum Gasteiger partial charge on any atom is -0.350 e. The Morgan fingerprint density at radius 2 is 1.55 bits per heavy atom. The summed E-state index contributed by atoms with van der Waals surface area (Å²) in [6, 6.07) is 23.2. The monoisotopic (exact) mass is 456 g/mol. The number of hydrogen-bond donors (Lipinski definition) is 2. The SMILES string of the molecule is CC(NC(=O)CCc1ccc(S(=O)(=O)NCc2ccccc2)cc1)c1ccc(Cl)cc1. The van der Waals surface area contributed by atoms with Crippen molar-refractivity contribution < 1.29 is 13.2 Å². The van der Waals surface area contributed by atoms with E-state index in [1.165, 1.54) is 0 Å². The van der Waals surface area contributed by atoms with Gasteiger partial charge >= 0.3 is 0 Å². The van der Waals surface area contributed by atoms with E-state index in [9.17, 15) is 13.2 Å². The van der Waals surface area contributed by atoms with Crippen molar-refractivity contribution in [1.82, 2.24) is 10.0 Å². The number of nitrogens with one attached hydrogen (secondary N) is 2. The van der Waals surface area contributed by atoms with Gasteiger partial charge in [0, 0.05) is 18.0 Å². The molecule has 0 saturated heterocycles. The van der Waals surface area contributed by atoms with Gasteiger partial charge in [0.25, 0.3) is 0 Å². The van der Waals surface area contributed by atoms with E-state index < -0.39 is 10.0 Å². The standard InChI is InChI=1S/C24H25ClN2O3S/c1-18(21-10-12-22(25)13-11-21)27-24(28)16-9-19-7-14-23(15-8-19)31(29,30)26-17-20-5-3-2-4-6-20/h2-8,10-15,18,26H,9,16-17H2,1H3,(H,27,28). The molecule has 0 aliphatic rings. The van der Waals surface area contributed by atoms with Crippen LogP contribution in [0.15, 0.2) is 83.8 Å². The molecule has 0 saturated carbocycles. The second-order valence-corrected chi connectivity index (χ2v) is 9.50. The normalized spacial score (nSPS) is 12.3. The molecule has 31 heavy (non-hydrogen) atoms. The number of hydrogen-bond acceptors (Lipinski definition) is 3. The highest BCUT2D eigenvalue weighted by Crippen LogP contribution is 2.17. The fraction of sp³-hybridized carbons (Fsp3) is 0.208. The molecule has 1 atom stereocenters. The molecule has 1 amide bonds. The maximum absolute atomic E-state index is 12.5. The highest BCUT2D eigenvalue weighted by atomic mass is 35.5. The van der Waals surface area contributed by atoms with Crippen LogP contribution in [0.3, 0.4) is 0 Å². The van der Waals surface area contributed by atoms with Crippen LogP contribution in [-0.2, 0) is 27.8 Å². The van der Waals surface area contributed by atoms with Crippen molar-refractivity contribution >= 4 is 27.5 Å². The summed E-state index contributed by atoms with van der Waals surface area (Å²) >= 11 is 5.90. The summed E-state index contributed by atoms with van der Waals surface area (Å²) in [5.74, 6) is -0.0660. The van der Waals surface area contributed by atoms with E-state index in [0.29, 0.717) is 17.9 Å². The Bertz CT molecular complexity index is 1100. The zero-order valence-corrected chi connectivity index (χ0v) is 18.8. The number of benzene rings is 3. The summed E-state index contributed by atoms with van der Waals surface area (Å²) in [6.07, 6.45) is 0.841. The van der Waals surface area contributed by atoms with Crippen molar-refractivity contribution in [3.8, 4) is 0 Å². The first-order valence-electron chi connectivity index (χ1n) is 10.0. The lowest BCUT2D eigenvalue weighted by atomic mass is 10.1. The molecule has 0 spiro atoms. The second-order valence-electron chi connectivity index (χ2n) is 7.29. The Morgan fingerprint density at radius 3 is 2.19 bits per heavy atom. The van der Waals surface area contributed by atoms with E-state index in [-0.39, 0.29) is 23.4 Å². The Balaban J connectivity index is 1.50. The van der Waals surface area contributed by atoms with Gasteiger partial charge < -0.3 is 5.32 Å². The van der Waals surface area contributed by atoms with Gasteiger partial charge in [0.1, 0.15) is 0 Å². The van der Waals surface area contributed by atoms with Crippen LogP contribution in [0, 0.1) is 0 Å². The summed E-state index contributed by atoms with van der Waals surface area (Å²) in [6.45, 7) is 2.15. The Hall–Kier alpha value is -2.67. The molecule has 2 N–H and O–H groups in total. The molecule has 0 bridgehead atoms. The van der Waals surface area contributed by atoms with E-state index in [4.69, 9.17) is 11.6 Å². The van der Waals surface area contributed by atoms with Crippen LogP contribution in [-0.4, -0.2) is 14.3 Å². The van der Waals surface area contributed by atoms with Crippen molar-refractivity contribution in [3.05, 3.63) is 101 Å². The molecule has 5 nitrogen and oxygen atoms in total. The predicted molar refractivity (Wildman–Crippen MR) is 123 cm³/mol. The molecular weight excluding hydrogens is 432 g/mol. The number of amides is 1. The van der Waals surface area contributed by atoms with Crippen molar-refractivity contribution in [2.75, 3.05) is 0 Å². The van der Waals surface area contributed by atoms with Crippen LogP contribution in [0.2, 0.25) is 5.02 Å². The lowest BCUT2D eigenvalue weighted by Gasteiger charge is -2.14. The zero-order valence-electron chi connectivity index (χ0n) is 17.2. The number of carbonyl (C=O) groups is 1. The highest BCUT2D eigenvalue weighted by molar-refractivity contribution is 7.89. The van der Waals surface area contributed by atoms with Crippen LogP contribution in [0.5, 0.6) is 0 Å². The largest absolute Gasteiger partial charge is 0.350 e. The molecule has 0 aliphatic heterocycles. The molecule has 3 aromatic carbocycles. The van der Waals surface area contributed by atoms with Crippen LogP contribution in [0.25, 0.3) is 0 Å². The van der Waals surface area contributed by atoms with Gasteiger partial charge in [-0.1, -0.05) is 66.2 Å². The maximum Gasteiger partial charge on any atom is 0.240 e. The van der Waals surface area contributed by atoms with Gasteiger partial charge in [-0.15, -0.1) is 0 Å². The van der Waals surface area contributed by atoms with Gasteiger partial charge in [-0.05, 0) is 54.3 Å². The lowest BCUT2D eigenvalue weighted by Crippen LogP contribution is -2.26. The third-order valence-corrected chi connectivity index (χ3v) is 6.60. The second kappa shape index (κ2) is 10.6. The molecule has 3 rings (SSSR count). The van der Waals surface area contributed by atoms with Crippen molar-refractivity contribution in [1.29, 1.82) is 0 Å². The van der Waals surface area contributed by atoms with Gasteiger partial charge in [0.2, 0.25) is 15.9 Å². The zero-order chi connectivity index (χ0) is 22.3.